The summed E-state index contributed by atoms with van der Waals surface area (Å²) in [5.41, 5.74) is 0. The molecule has 0 fully saturated rings. The van der Waals surface area contributed by atoms with Crippen molar-refractivity contribution in [3.05, 3.63) is 36.6 Å². The van der Waals surface area contributed by atoms with Crippen molar-refractivity contribution in [3.63, 3.8) is 0 Å². The molecule has 4 nitrogen and oxygen atoms in total. The van der Waals surface area contributed by atoms with Gasteiger partial charge in [0.05, 0.1) is 6.26 Å². The van der Waals surface area contributed by atoms with Gasteiger partial charge in [0, 0.05) is 13.1 Å². The standard InChI is InChI=1S/C15H27NO3S/c1-5-8-15(17)11-10-14(3)9-7-13-16(12-6-2)20(4,18)19/h5,8,10-11,14,17H,1,6-7,9,12-13H2,2-4H3/b11-10-,15-8+. The van der Waals surface area contributed by atoms with Crippen LogP contribution in [0.4, 0.5) is 0 Å². The van der Waals surface area contributed by atoms with Gasteiger partial charge in [-0.25, -0.2) is 12.7 Å². The Morgan fingerprint density at radius 3 is 2.55 bits per heavy atom. The van der Waals surface area contributed by atoms with E-state index in [4.69, 9.17) is 0 Å². The van der Waals surface area contributed by atoms with Crippen LogP contribution in [-0.2, 0) is 10.0 Å². The van der Waals surface area contributed by atoms with Crippen LogP contribution >= 0.6 is 0 Å². The summed E-state index contributed by atoms with van der Waals surface area (Å²) in [6.07, 6.45) is 10.4. The van der Waals surface area contributed by atoms with Gasteiger partial charge in [0.25, 0.3) is 0 Å². The number of aliphatic hydroxyl groups excluding tert-OH is 1. The largest absolute Gasteiger partial charge is 0.508 e. The SMILES string of the molecule is C=C/C=C(O)\C=C/C(C)CCCN(CCC)S(C)(=O)=O. The van der Waals surface area contributed by atoms with Crippen LogP contribution in [0.25, 0.3) is 0 Å². The molecule has 5 heteroatoms. The minimum Gasteiger partial charge on any atom is -0.508 e. The molecular formula is C15H27NO3S. The van der Waals surface area contributed by atoms with Crippen LogP contribution < -0.4 is 0 Å². The van der Waals surface area contributed by atoms with E-state index < -0.39 is 10.0 Å². The first-order chi connectivity index (χ1) is 9.31. The molecule has 0 aromatic heterocycles. The summed E-state index contributed by atoms with van der Waals surface area (Å²) < 4.78 is 24.6. The number of allylic oxidation sites excluding steroid dienone is 4. The summed E-state index contributed by atoms with van der Waals surface area (Å²) in [7, 11) is -3.10. The summed E-state index contributed by atoms with van der Waals surface area (Å²) in [6, 6.07) is 0. The monoisotopic (exact) mass is 301 g/mol. The van der Waals surface area contributed by atoms with Crippen LogP contribution in [0.1, 0.15) is 33.1 Å². The third-order valence-electron chi connectivity index (χ3n) is 2.89. The van der Waals surface area contributed by atoms with E-state index in [9.17, 15) is 13.5 Å². The lowest BCUT2D eigenvalue weighted by Gasteiger charge is -2.19. The van der Waals surface area contributed by atoms with Crippen LogP contribution in [0, 0.1) is 5.92 Å². The van der Waals surface area contributed by atoms with E-state index in [0.29, 0.717) is 19.0 Å². The molecule has 20 heavy (non-hydrogen) atoms. The average molecular weight is 301 g/mol. The maximum absolute atomic E-state index is 11.5. The highest BCUT2D eigenvalue weighted by atomic mass is 32.2. The van der Waals surface area contributed by atoms with Gasteiger partial charge in [-0.1, -0.05) is 32.6 Å². The zero-order valence-electron chi connectivity index (χ0n) is 12.7. The van der Waals surface area contributed by atoms with Gasteiger partial charge in [0.15, 0.2) is 0 Å². The normalized spacial score (nSPS) is 14.9. The molecule has 0 aliphatic rings. The van der Waals surface area contributed by atoms with Crippen molar-refractivity contribution < 1.29 is 13.5 Å². The number of nitrogens with zero attached hydrogens (tertiary/aromatic N) is 1. The van der Waals surface area contributed by atoms with Crippen molar-refractivity contribution in [2.75, 3.05) is 19.3 Å². The van der Waals surface area contributed by atoms with E-state index in [1.54, 1.807) is 6.08 Å². The van der Waals surface area contributed by atoms with Crippen LogP contribution in [-0.4, -0.2) is 37.2 Å². The fourth-order valence-electron chi connectivity index (χ4n) is 1.82. The second kappa shape index (κ2) is 9.77. The molecule has 0 aliphatic heterocycles. The molecule has 0 aliphatic carbocycles. The Labute approximate surface area is 123 Å². The van der Waals surface area contributed by atoms with Crippen molar-refractivity contribution in [1.82, 2.24) is 4.31 Å². The molecule has 0 spiro atoms. The summed E-state index contributed by atoms with van der Waals surface area (Å²) >= 11 is 0. The second-order valence-corrected chi connectivity index (χ2v) is 6.95. The molecule has 1 atom stereocenters. The zero-order chi connectivity index (χ0) is 15.6. The van der Waals surface area contributed by atoms with Crippen molar-refractivity contribution in [2.24, 2.45) is 5.92 Å². The van der Waals surface area contributed by atoms with Crippen molar-refractivity contribution in [1.29, 1.82) is 0 Å². The van der Waals surface area contributed by atoms with Gasteiger partial charge >= 0.3 is 0 Å². The summed E-state index contributed by atoms with van der Waals surface area (Å²) in [5.74, 6) is 0.467. The fourth-order valence-corrected chi connectivity index (χ4v) is 2.79. The highest BCUT2D eigenvalue weighted by Gasteiger charge is 2.14. The third-order valence-corrected chi connectivity index (χ3v) is 4.20. The molecule has 0 rings (SSSR count). The van der Waals surface area contributed by atoms with E-state index >= 15 is 0 Å². The fraction of sp³-hybridized carbons (Fsp3) is 0.600. The Hall–Kier alpha value is -1.07. The Bertz CT molecular complexity index is 438. The van der Waals surface area contributed by atoms with Gasteiger partial charge in [-0.05, 0) is 37.3 Å². The Kier molecular flexibility index (Phi) is 9.25. The summed E-state index contributed by atoms with van der Waals surface area (Å²) in [6.45, 7) is 8.65. The Balaban J connectivity index is 4.21. The number of rotatable bonds is 10. The van der Waals surface area contributed by atoms with Gasteiger partial charge in [-0.15, -0.1) is 0 Å². The Morgan fingerprint density at radius 1 is 1.40 bits per heavy atom. The van der Waals surface area contributed by atoms with E-state index in [0.717, 1.165) is 19.3 Å². The van der Waals surface area contributed by atoms with Gasteiger partial charge in [-0.3, -0.25) is 0 Å². The number of hydrogen-bond acceptors (Lipinski definition) is 3. The van der Waals surface area contributed by atoms with E-state index in [2.05, 4.69) is 6.58 Å². The molecule has 1 N–H and O–H groups in total. The highest BCUT2D eigenvalue weighted by Crippen LogP contribution is 2.11. The van der Waals surface area contributed by atoms with Crippen LogP contribution in [0.15, 0.2) is 36.6 Å². The van der Waals surface area contributed by atoms with Gasteiger partial charge in [0.1, 0.15) is 5.76 Å². The topological polar surface area (TPSA) is 57.6 Å². The molecule has 1 unspecified atom stereocenters. The van der Waals surface area contributed by atoms with Crippen LogP contribution in [0.2, 0.25) is 0 Å². The molecule has 0 amide bonds. The second-order valence-electron chi connectivity index (χ2n) is 4.97. The summed E-state index contributed by atoms with van der Waals surface area (Å²) in [4.78, 5) is 0. The van der Waals surface area contributed by atoms with Gasteiger partial charge < -0.3 is 5.11 Å². The molecule has 0 aromatic carbocycles. The zero-order valence-corrected chi connectivity index (χ0v) is 13.6. The number of sulfonamides is 1. The quantitative estimate of drug-likeness (QED) is 0.498. The minimum absolute atomic E-state index is 0.176. The first kappa shape index (κ1) is 18.9. The summed E-state index contributed by atoms with van der Waals surface area (Å²) in [5, 5.41) is 9.40. The number of aliphatic hydroxyl groups is 1. The molecule has 0 heterocycles. The molecule has 0 radical (unpaired) electrons. The van der Waals surface area contributed by atoms with E-state index in [-0.39, 0.29) is 5.76 Å². The maximum Gasteiger partial charge on any atom is 0.211 e. The first-order valence-electron chi connectivity index (χ1n) is 6.96. The third kappa shape index (κ3) is 8.93. The lowest BCUT2D eigenvalue weighted by Crippen LogP contribution is -2.31. The molecule has 0 saturated heterocycles. The van der Waals surface area contributed by atoms with Crippen molar-refractivity contribution >= 4 is 10.0 Å². The molecule has 0 bridgehead atoms. The smallest absolute Gasteiger partial charge is 0.211 e. The molecular weight excluding hydrogens is 274 g/mol. The van der Waals surface area contributed by atoms with Crippen LogP contribution in [0.3, 0.4) is 0 Å². The van der Waals surface area contributed by atoms with Crippen molar-refractivity contribution in [2.45, 2.75) is 33.1 Å². The van der Waals surface area contributed by atoms with Gasteiger partial charge in [-0.2, -0.15) is 0 Å². The van der Waals surface area contributed by atoms with E-state index in [1.165, 1.54) is 22.7 Å². The predicted octanol–water partition coefficient (Wildman–Crippen LogP) is 3.26. The lowest BCUT2D eigenvalue weighted by atomic mass is 10.0. The molecule has 0 saturated carbocycles. The van der Waals surface area contributed by atoms with Crippen LogP contribution in [0.5, 0.6) is 0 Å². The van der Waals surface area contributed by atoms with Gasteiger partial charge in [0.2, 0.25) is 10.0 Å². The molecule has 116 valence electrons. The average Bonchev–Trinajstić information content (AvgIpc) is 2.34. The maximum atomic E-state index is 11.5. The molecule has 0 aromatic rings. The van der Waals surface area contributed by atoms with E-state index in [1.807, 2.05) is 19.9 Å². The highest BCUT2D eigenvalue weighted by molar-refractivity contribution is 7.88. The minimum atomic E-state index is -3.10. The van der Waals surface area contributed by atoms with Crippen molar-refractivity contribution in [3.8, 4) is 0 Å². The first-order valence-corrected chi connectivity index (χ1v) is 8.81. The number of hydrogen-bond donors (Lipinski definition) is 1. The Morgan fingerprint density at radius 2 is 2.05 bits per heavy atom. The predicted molar refractivity (Wildman–Crippen MR) is 85.2 cm³/mol. The lowest BCUT2D eigenvalue weighted by molar-refractivity contribution is 0.394.